The lowest BCUT2D eigenvalue weighted by Gasteiger charge is -2.29. The molecule has 1 saturated heterocycles. The zero-order valence-corrected chi connectivity index (χ0v) is 19.3. The summed E-state index contributed by atoms with van der Waals surface area (Å²) in [6, 6.07) is 22.1. The number of methoxy groups -OCH3 is 1. The third-order valence-electron chi connectivity index (χ3n) is 5.71. The summed E-state index contributed by atoms with van der Waals surface area (Å²) in [5, 5.41) is 15.1. The minimum atomic E-state index is -0.307. The number of aromatic nitrogens is 2. The van der Waals surface area contributed by atoms with Crippen molar-refractivity contribution in [3.8, 4) is 17.2 Å². The number of benzene rings is 2. The zero-order valence-electron chi connectivity index (χ0n) is 17.7. The molecule has 4 aromatic rings. The highest BCUT2D eigenvalue weighted by Crippen LogP contribution is 2.45. The number of pyridine rings is 1. The van der Waals surface area contributed by atoms with Crippen LogP contribution in [0.5, 0.6) is 11.5 Å². The van der Waals surface area contributed by atoms with Gasteiger partial charge in [-0.3, -0.25) is 4.98 Å². The first-order valence-electron chi connectivity index (χ1n) is 10.4. The summed E-state index contributed by atoms with van der Waals surface area (Å²) in [4.78, 5) is 6.49. The van der Waals surface area contributed by atoms with Crippen molar-refractivity contribution >= 4 is 34.6 Å². The van der Waals surface area contributed by atoms with Gasteiger partial charge in [-0.05, 0) is 66.8 Å². The molecule has 0 spiro atoms. The molecular weight excluding hydrogens is 456 g/mol. The van der Waals surface area contributed by atoms with Gasteiger partial charge in [-0.2, -0.15) is 0 Å². The quantitative estimate of drug-likeness (QED) is 0.375. The number of hydrogen-bond acceptors (Lipinski definition) is 4. The molecule has 2 aromatic carbocycles. The van der Waals surface area contributed by atoms with Crippen LogP contribution in [0.25, 0.3) is 5.69 Å². The highest BCUT2D eigenvalue weighted by atomic mass is 35.5. The van der Waals surface area contributed by atoms with E-state index in [1.807, 2.05) is 65.7 Å². The highest BCUT2D eigenvalue weighted by molar-refractivity contribution is 7.80. The van der Waals surface area contributed by atoms with E-state index in [9.17, 15) is 5.11 Å². The molecule has 3 heterocycles. The first-order chi connectivity index (χ1) is 16.1. The Bertz CT molecular complexity index is 1310. The minimum Gasteiger partial charge on any atom is -0.506 e. The van der Waals surface area contributed by atoms with Crippen LogP contribution in [-0.2, 0) is 0 Å². The Kier molecular flexibility index (Phi) is 5.66. The van der Waals surface area contributed by atoms with Crippen molar-refractivity contribution in [1.82, 2.24) is 14.9 Å². The van der Waals surface area contributed by atoms with E-state index in [1.165, 1.54) is 0 Å². The fourth-order valence-electron chi connectivity index (χ4n) is 4.23. The molecule has 0 aliphatic carbocycles. The zero-order chi connectivity index (χ0) is 22.9. The van der Waals surface area contributed by atoms with Crippen LogP contribution in [0.4, 0.5) is 5.69 Å². The third kappa shape index (κ3) is 3.90. The number of phenols is 1. The van der Waals surface area contributed by atoms with Gasteiger partial charge < -0.3 is 24.6 Å². The van der Waals surface area contributed by atoms with Crippen LogP contribution in [0.1, 0.15) is 23.5 Å². The maximum absolute atomic E-state index is 10.7. The van der Waals surface area contributed by atoms with Crippen LogP contribution in [0, 0.1) is 0 Å². The minimum absolute atomic E-state index is 0.0923. The van der Waals surface area contributed by atoms with E-state index in [2.05, 4.69) is 14.9 Å². The smallest absolute Gasteiger partial charge is 0.174 e. The van der Waals surface area contributed by atoms with Crippen LogP contribution < -0.4 is 15.0 Å². The number of halogens is 1. The maximum Gasteiger partial charge on any atom is 0.174 e. The lowest BCUT2D eigenvalue weighted by atomic mass is 10.0. The van der Waals surface area contributed by atoms with Crippen molar-refractivity contribution in [2.75, 3.05) is 12.0 Å². The van der Waals surface area contributed by atoms with E-state index in [-0.39, 0.29) is 17.8 Å². The van der Waals surface area contributed by atoms with E-state index >= 15 is 0 Å². The molecule has 6 nitrogen and oxygen atoms in total. The second kappa shape index (κ2) is 8.77. The standard InChI is InChI=1S/C25H21ClN4O2S/c1-32-18-7-4-6-17(15-18)29-13-5-9-20(29)24-23(19-8-2-3-12-27-19)28-25(33)30(24)21-14-16(26)10-11-22(21)31/h2-15,23-24,31H,1H3,(H,28,33)/t23-,24+/m1/s1. The van der Waals surface area contributed by atoms with Crippen molar-refractivity contribution in [2.45, 2.75) is 12.1 Å². The molecule has 0 radical (unpaired) electrons. The van der Waals surface area contributed by atoms with Gasteiger partial charge in [-0.1, -0.05) is 23.7 Å². The fourth-order valence-corrected chi connectivity index (χ4v) is 4.74. The first-order valence-corrected chi connectivity index (χ1v) is 11.2. The van der Waals surface area contributed by atoms with Crippen LogP contribution in [0.3, 0.4) is 0 Å². The Morgan fingerprint density at radius 3 is 2.73 bits per heavy atom. The van der Waals surface area contributed by atoms with Crippen LogP contribution in [-0.4, -0.2) is 26.9 Å². The molecule has 2 aromatic heterocycles. The molecule has 1 fully saturated rings. The van der Waals surface area contributed by atoms with Gasteiger partial charge >= 0.3 is 0 Å². The van der Waals surface area contributed by atoms with Crippen molar-refractivity contribution in [1.29, 1.82) is 0 Å². The molecule has 5 rings (SSSR count). The van der Waals surface area contributed by atoms with Gasteiger partial charge in [-0.25, -0.2) is 0 Å². The second-order valence-electron chi connectivity index (χ2n) is 7.63. The predicted octanol–water partition coefficient (Wildman–Crippen LogP) is 5.42. The number of anilines is 1. The molecular formula is C25H21ClN4O2S. The largest absolute Gasteiger partial charge is 0.506 e. The van der Waals surface area contributed by atoms with E-state index in [0.717, 1.165) is 22.8 Å². The maximum atomic E-state index is 10.7. The fraction of sp³-hybridized carbons (Fsp3) is 0.120. The molecule has 33 heavy (non-hydrogen) atoms. The van der Waals surface area contributed by atoms with Crippen molar-refractivity contribution in [2.24, 2.45) is 0 Å². The number of rotatable bonds is 5. The molecule has 1 aliphatic heterocycles. The van der Waals surface area contributed by atoms with Gasteiger partial charge in [0.15, 0.2) is 5.11 Å². The predicted molar refractivity (Wildman–Crippen MR) is 133 cm³/mol. The molecule has 0 amide bonds. The summed E-state index contributed by atoms with van der Waals surface area (Å²) >= 11 is 12.1. The lowest BCUT2D eigenvalue weighted by Crippen LogP contribution is -2.30. The van der Waals surface area contributed by atoms with Crippen LogP contribution in [0.15, 0.2) is 85.2 Å². The molecule has 2 atom stereocenters. The molecule has 1 aliphatic rings. The summed E-state index contributed by atoms with van der Waals surface area (Å²) in [7, 11) is 1.65. The topological polar surface area (TPSA) is 62.5 Å². The van der Waals surface area contributed by atoms with E-state index in [1.54, 1.807) is 31.5 Å². The monoisotopic (exact) mass is 476 g/mol. The molecule has 0 unspecified atom stereocenters. The third-order valence-corrected chi connectivity index (χ3v) is 6.26. The van der Waals surface area contributed by atoms with E-state index in [0.29, 0.717) is 15.8 Å². The number of nitrogens with zero attached hydrogens (tertiary/aromatic N) is 3. The summed E-state index contributed by atoms with van der Waals surface area (Å²) in [6.07, 6.45) is 3.76. The highest BCUT2D eigenvalue weighted by Gasteiger charge is 2.43. The average Bonchev–Trinajstić information content (AvgIpc) is 3.45. The van der Waals surface area contributed by atoms with Crippen molar-refractivity contribution < 1.29 is 9.84 Å². The summed E-state index contributed by atoms with van der Waals surface area (Å²) in [6.45, 7) is 0. The van der Waals surface area contributed by atoms with Crippen LogP contribution in [0.2, 0.25) is 5.02 Å². The number of ether oxygens (including phenoxy) is 1. The first kappa shape index (κ1) is 21.3. The summed E-state index contributed by atoms with van der Waals surface area (Å²) in [5.74, 6) is 0.854. The molecule has 8 heteroatoms. The van der Waals surface area contributed by atoms with Crippen molar-refractivity contribution in [3.63, 3.8) is 0 Å². The second-order valence-corrected chi connectivity index (χ2v) is 8.46. The Labute approximate surface area is 202 Å². The summed E-state index contributed by atoms with van der Waals surface area (Å²) < 4.78 is 7.52. The Morgan fingerprint density at radius 1 is 1.06 bits per heavy atom. The van der Waals surface area contributed by atoms with Crippen LogP contribution >= 0.6 is 23.8 Å². The number of hydrogen-bond donors (Lipinski definition) is 2. The van der Waals surface area contributed by atoms with Gasteiger partial charge in [0.2, 0.25) is 0 Å². The van der Waals surface area contributed by atoms with Gasteiger partial charge in [-0.15, -0.1) is 0 Å². The number of thiocarbonyl (C=S) groups is 1. The Morgan fingerprint density at radius 2 is 1.94 bits per heavy atom. The normalized spacial score (nSPS) is 17.8. The molecule has 0 bridgehead atoms. The average molecular weight is 477 g/mol. The van der Waals surface area contributed by atoms with Crippen molar-refractivity contribution in [3.05, 3.63) is 102 Å². The Hall–Kier alpha value is -3.55. The SMILES string of the molecule is COc1cccc(-n2cccc2[C@H]2[C@@H](c3ccccn3)NC(=S)N2c2cc(Cl)ccc2O)c1. The van der Waals surface area contributed by atoms with Gasteiger partial charge in [0, 0.05) is 34.9 Å². The summed E-state index contributed by atoms with van der Waals surface area (Å²) in [5.41, 5.74) is 3.28. The molecule has 2 N–H and O–H groups in total. The van der Waals surface area contributed by atoms with Gasteiger partial charge in [0.25, 0.3) is 0 Å². The Balaban J connectivity index is 1.69. The van der Waals surface area contributed by atoms with E-state index in [4.69, 9.17) is 28.6 Å². The van der Waals surface area contributed by atoms with Gasteiger partial charge in [0.1, 0.15) is 17.5 Å². The molecule has 0 saturated carbocycles. The molecule has 166 valence electrons. The number of nitrogens with one attached hydrogen (secondary N) is 1. The number of phenolic OH excluding ortho intramolecular Hbond substituents is 1. The lowest BCUT2D eigenvalue weighted by molar-refractivity contribution is 0.414. The van der Waals surface area contributed by atoms with Gasteiger partial charge in [0.05, 0.1) is 24.5 Å². The van der Waals surface area contributed by atoms with E-state index < -0.39 is 0 Å². The number of aromatic hydroxyl groups is 1.